The second kappa shape index (κ2) is 23.2. The maximum atomic E-state index is 5.09. The Morgan fingerprint density at radius 2 is 1.56 bits per heavy atom. The first-order chi connectivity index (χ1) is 15.9. The van der Waals surface area contributed by atoms with E-state index in [2.05, 4.69) is 60.7 Å². The van der Waals surface area contributed by atoms with E-state index in [9.17, 15) is 0 Å². The van der Waals surface area contributed by atoms with Crippen molar-refractivity contribution >= 4 is 40.5 Å². The maximum Gasteiger partial charge on any atom is 1.00 e. The van der Waals surface area contributed by atoms with Gasteiger partial charge in [-0.1, -0.05) is 5.57 Å². The number of aliphatic imine (C=N–C) groups is 3. The van der Waals surface area contributed by atoms with Crippen LogP contribution in [-0.2, 0) is 0 Å². The molecule has 0 fully saturated rings. The molecule has 0 saturated carbocycles. The van der Waals surface area contributed by atoms with Crippen LogP contribution in [-0.4, -0.2) is 43.7 Å². The van der Waals surface area contributed by atoms with Crippen LogP contribution in [0.25, 0.3) is 0 Å². The number of aromatic nitrogens is 4. The molecule has 0 aromatic carbocycles. The van der Waals surface area contributed by atoms with Crippen LogP contribution in [0.15, 0.2) is 44.1 Å². The van der Waals surface area contributed by atoms with Gasteiger partial charge in [0.15, 0.2) is 0 Å². The predicted octanol–water partition coefficient (Wildman–Crippen LogP) is 3.93. The fraction of sp³-hybridized carbons (Fsp3) is 0.480. The van der Waals surface area contributed by atoms with Gasteiger partial charge in [0.05, 0.1) is 6.54 Å². The monoisotopic (exact) mass is 601 g/mol. The summed E-state index contributed by atoms with van der Waals surface area (Å²) in [5.74, 6) is 0.877. The molecule has 4 heterocycles. The van der Waals surface area contributed by atoms with E-state index in [1.54, 1.807) is 25.2 Å². The summed E-state index contributed by atoms with van der Waals surface area (Å²) in [6, 6.07) is 0. The molecule has 11 heteroatoms. The van der Waals surface area contributed by atoms with E-state index in [0.29, 0.717) is 5.70 Å². The summed E-state index contributed by atoms with van der Waals surface area (Å²) in [5.41, 5.74) is 5.70. The van der Waals surface area contributed by atoms with Crippen LogP contribution in [0.5, 0.6) is 0 Å². The van der Waals surface area contributed by atoms with Gasteiger partial charge >= 0.3 is 58.2 Å². The third-order valence-corrected chi connectivity index (χ3v) is 5.08. The molecule has 3 N–H and O–H groups in total. The van der Waals surface area contributed by atoms with Crippen LogP contribution in [0.4, 0.5) is 0 Å². The molecule has 0 aliphatic carbocycles. The van der Waals surface area contributed by atoms with Crippen molar-refractivity contribution in [3.05, 3.63) is 56.5 Å². The fourth-order valence-electron chi connectivity index (χ4n) is 2.39. The van der Waals surface area contributed by atoms with Gasteiger partial charge in [-0.25, -0.2) is 4.98 Å². The molecule has 2 aliphatic heterocycles. The standard InChI is InChI=1S/2C6H9N.C5H7N.2C4H6N2S.H3N.Rb/c2*1-5-3-6(2)7-4-5;1-4-6-5(2)3;1-3-5-6-4(2)7-3;1-3-5-4(2)7-6-3;;/h4H,3H2,1-2H3;3H,4H2,1-2H3;2H,1,3H3;2*1-2H3;1H3;/q;;-2;;;;+1. The van der Waals surface area contributed by atoms with E-state index in [1.165, 1.54) is 28.4 Å². The second-order valence-electron chi connectivity index (χ2n) is 7.64. The summed E-state index contributed by atoms with van der Waals surface area (Å²) >= 11 is 3.06. The molecule has 2 aliphatic rings. The van der Waals surface area contributed by atoms with Crippen molar-refractivity contribution in [3.8, 4) is 0 Å². The van der Waals surface area contributed by atoms with E-state index in [-0.39, 0.29) is 64.3 Å². The van der Waals surface area contributed by atoms with Crippen LogP contribution >= 0.6 is 22.9 Å². The van der Waals surface area contributed by atoms with Crippen molar-refractivity contribution in [2.24, 2.45) is 15.0 Å². The minimum atomic E-state index is 0. The molecule has 0 saturated heterocycles. The van der Waals surface area contributed by atoms with Crippen molar-refractivity contribution in [1.29, 1.82) is 0 Å². The van der Waals surface area contributed by atoms with Gasteiger partial charge in [-0.05, 0) is 78.6 Å². The molecule has 2 aromatic heterocycles. The van der Waals surface area contributed by atoms with Crippen LogP contribution < -0.4 is 64.3 Å². The van der Waals surface area contributed by atoms with Crippen LogP contribution in [0.2, 0.25) is 0 Å². The first-order valence-electron chi connectivity index (χ1n) is 10.8. The molecular formula is C25H40N8RbS2-. The first kappa shape index (κ1) is 39.6. The smallest absolute Gasteiger partial charge is 0.598 e. The number of allylic oxidation sites excluding steroid dienone is 3. The molecule has 8 nitrogen and oxygen atoms in total. The molecule has 36 heavy (non-hydrogen) atoms. The van der Waals surface area contributed by atoms with E-state index >= 15 is 0 Å². The predicted molar refractivity (Wildman–Crippen MR) is 154 cm³/mol. The van der Waals surface area contributed by atoms with E-state index in [1.807, 2.05) is 47.7 Å². The zero-order valence-corrected chi connectivity index (χ0v) is 30.3. The molecule has 0 radical (unpaired) electrons. The van der Waals surface area contributed by atoms with Gasteiger partial charge in [-0.15, -0.1) is 35.4 Å². The third kappa shape index (κ3) is 23.5. The van der Waals surface area contributed by atoms with Crippen molar-refractivity contribution in [2.45, 2.75) is 75.7 Å². The number of hydrogen-bond donors (Lipinski definition) is 1. The SMILES string of the molecule is CC1=CC(C)=NC1.CC1=CN=C(C)C1.Cc1nnc(C)s1.Cc1nsc(C)n1.N.[CH-]=C(C)N=[C-]C.[Rb+]. The average molecular weight is 602 g/mol. The third-order valence-electron chi connectivity index (χ3n) is 3.62. The van der Waals surface area contributed by atoms with Gasteiger partial charge in [0.2, 0.25) is 0 Å². The molecule has 0 bridgehead atoms. The van der Waals surface area contributed by atoms with E-state index in [4.69, 9.17) is 6.58 Å². The zero-order chi connectivity index (χ0) is 26.1. The van der Waals surface area contributed by atoms with Crippen LogP contribution in [0.1, 0.15) is 68.8 Å². The van der Waals surface area contributed by atoms with Crippen molar-refractivity contribution in [3.63, 3.8) is 0 Å². The van der Waals surface area contributed by atoms with Crippen LogP contribution in [0, 0.1) is 34.3 Å². The maximum absolute atomic E-state index is 5.09. The van der Waals surface area contributed by atoms with Crippen LogP contribution in [0.3, 0.4) is 0 Å². The van der Waals surface area contributed by atoms with Gasteiger partial charge in [-0.2, -0.15) is 10.6 Å². The summed E-state index contributed by atoms with van der Waals surface area (Å²) < 4.78 is 3.95. The number of rotatable bonds is 1. The molecule has 0 spiro atoms. The van der Waals surface area contributed by atoms with Gasteiger partial charge in [-0.3, -0.25) is 9.98 Å². The Bertz CT molecular complexity index is 959. The molecule has 4 rings (SSSR count). The zero-order valence-electron chi connectivity index (χ0n) is 23.8. The van der Waals surface area contributed by atoms with Gasteiger partial charge in [0.25, 0.3) is 0 Å². The summed E-state index contributed by atoms with van der Waals surface area (Å²) in [6.07, 6.45) is 7.65. The Morgan fingerprint density at radius 3 is 1.67 bits per heavy atom. The molecule has 0 amide bonds. The topological polar surface area (TPSA) is 124 Å². The Kier molecular flexibility index (Phi) is 25.6. The molecule has 0 atom stereocenters. The van der Waals surface area contributed by atoms with Crippen molar-refractivity contribution in [1.82, 2.24) is 25.7 Å². The molecule has 194 valence electrons. The van der Waals surface area contributed by atoms with E-state index in [0.717, 1.165) is 39.5 Å². The number of aryl methyl sites for hydroxylation is 4. The number of hydrogen-bond acceptors (Lipinski definition) is 10. The Morgan fingerprint density at radius 1 is 0.972 bits per heavy atom. The minimum Gasteiger partial charge on any atom is -0.598 e. The first-order valence-corrected chi connectivity index (χ1v) is 12.4. The Balaban J connectivity index is -0.000000374. The average Bonchev–Trinajstić information content (AvgIpc) is 3.50. The second-order valence-corrected chi connectivity index (χ2v) is 9.98. The summed E-state index contributed by atoms with van der Waals surface area (Å²) in [6.45, 7) is 25.4. The fourth-order valence-corrected chi connectivity index (χ4v) is 3.45. The van der Waals surface area contributed by atoms with Crippen molar-refractivity contribution < 1.29 is 58.2 Å². The quantitative estimate of drug-likeness (QED) is 0.392. The van der Waals surface area contributed by atoms with Gasteiger partial charge in [0.1, 0.15) is 20.8 Å². The van der Waals surface area contributed by atoms with Gasteiger partial charge in [0, 0.05) is 24.0 Å². The van der Waals surface area contributed by atoms with E-state index < -0.39 is 0 Å². The molecular weight excluding hydrogens is 562 g/mol. The summed E-state index contributed by atoms with van der Waals surface area (Å²) in [4.78, 5) is 15.8. The number of nitrogens with zero attached hydrogens (tertiary/aromatic N) is 7. The summed E-state index contributed by atoms with van der Waals surface area (Å²) in [7, 11) is 0. The Hall–Kier alpha value is -0.885. The minimum absolute atomic E-state index is 0. The molecule has 2 aromatic rings. The largest absolute Gasteiger partial charge is 1.00 e. The Labute approximate surface area is 274 Å². The normalized spacial score (nSPS) is 12.7. The van der Waals surface area contributed by atoms with Crippen molar-refractivity contribution in [2.75, 3.05) is 6.54 Å². The molecule has 0 unspecified atom stereocenters. The summed E-state index contributed by atoms with van der Waals surface area (Å²) in [5, 5.41) is 10.7. The van der Waals surface area contributed by atoms with Gasteiger partial charge < -0.3 is 23.4 Å².